The summed E-state index contributed by atoms with van der Waals surface area (Å²) in [6, 6.07) is 65.5. The van der Waals surface area contributed by atoms with Gasteiger partial charge in [0, 0.05) is 22.3 Å². The van der Waals surface area contributed by atoms with E-state index in [4.69, 9.17) is 19.7 Å². The summed E-state index contributed by atoms with van der Waals surface area (Å²) in [6.07, 6.45) is 0. The molecule has 10 rings (SSSR count). The van der Waals surface area contributed by atoms with Gasteiger partial charge < -0.3 is 4.74 Å². The maximum atomic E-state index is 6.15. The summed E-state index contributed by atoms with van der Waals surface area (Å²) in [5.74, 6) is 2.79. The summed E-state index contributed by atoms with van der Waals surface area (Å²) in [7, 11) is 0. The number of ether oxygens (including phenoxy) is 1. The molecule has 0 fully saturated rings. The molecule has 0 atom stereocenters. The smallest absolute Gasteiger partial charge is 0.164 e. The maximum absolute atomic E-state index is 6.15. The first kappa shape index (κ1) is 31.6. The lowest BCUT2D eigenvalue weighted by molar-refractivity contribution is 0.302. The van der Waals surface area contributed by atoms with Crippen LogP contribution in [0.1, 0.15) is 5.56 Å². The second-order valence-electron chi connectivity index (χ2n) is 13.5. The Hall–Kier alpha value is -7.17. The van der Waals surface area contributed by atoms with Crippen LogP contribution in [-0.4, -0.2) is 15.0 Å². The fraction of sp³-hybridized carbons (Fsp3) is 0.0200. The van der Waals surface area contributed by atoms with Crippen LogP contribution in [0.5, 0.6) is 5.75 Å². The third-order valence-electron chi connectivity index (χ3n) is 10.3. The zero-order valence-electron chi connectivity index (χ0n) is 29.4. The topological polar surface area (TPSA) is 47.9 Å². The van der Waals surface area contributed by atoms with Gasteiger partial charge in [-0.05, 0) is 73.5 Å². The molecule has 0 amide bonds. The van der Waals surface area contributed by atoms with Crippen molar-refractivity contribution < 1.29 is 4.74 Å². The monoisotopic (exact) mass is 691 g/mol. The molecule has 0 saturated carbocycles. The Bertz CT molecular complexity index is 2830. The van der Waals surface area contributed by atoms with E-state index in [1.807, 2.05) is 18.2 Å². The van der Waals surface area contributed by atoms with E-state index in [9.17, 15) is 0 Å². The Morgan fingerprint density at radius 1 is 0.333 bits per heavy atom. The van der Waals surface area contributed by atoms with Gasteiger partial charge in [0.25, 0.3) is 0 Å². The van der Waals surface area contributed by atoms with E-state index in [2.05, 4.69) is 170 Å². The number of hydrogen-bond donors (Lipinski definition) is 0. The summed E-state index contributed by atoms with van der Waals surface area (Å²) in [5, 5.41) is 2.21. The van der Waals surface area contributed by atoms with Crippen molar-refractivity contribution in [2.24, 2.45) is 0 Å². The van der Waals surface area contributed by atoms with E-state index in [-0.39, 0.29) is 0 Å². The molecule has 8 aromatic carbocycles. The van der Waals surface area contributed by atoms with Gasteiger partial charge in [0.1, 0.15) is 12.4 Å². The Kier molecular flexibility index (Phi) is 7.85. The van der Waals surface area contributed by atoms with Gasteiger partial charge in [-0.2, -0.15) is 0 Å². The highest BCUT2D eigenvalue weighted by Gasteiger charge is 2.23. The minimum Gasteiger partial charge on any atom is -0.488 e. The van der Waals surface area contributed by atoms with Gasteiger partial charge in [0.15, 0.2) is 17.5 Å². The molecule has 1 aliphatic heterocycles. The van der Waals surface area contributed by atoms with Crippen molar-refractivity contribution in [1.82, 2.24) is 15.0 Å². The molecule has 2 heterocycles. The summed E-state index contributed by atoms with van der Waals surface area (Å²) in [4.78, 5) is 15.7. The predicted octanol–water partition coefficient (Wildman–Crippen LogP) is 12.6. The standard InChI is InChI=1S/C50H33N3O/c1-3-15-33(16-4-1)35-19-13-20-36(31-35)48-51-49(43-25-10-7-22-38(43)34-17-5-2-6-18-34)53-50(52-48)44-30-29-41(39-23-8-9-24-40(39)44)42-27-14-21-37-32-54-46-28-12-11-26-45(46)47(37)42/h1-31H,32H2. The van der Waals surface area contributed by atoms with Crippen LogP contribution < -0.4 is 4.74 Å². The van der Waals surface area contributed by atoms with E-state index in [1.165, 1.54) is 16.7 Å². The van der Waals surface area contributed by atoms with Gasteiger partial charge in [-0.3, -0.25) is 0 Å². The van der Waals surface area contributed by atoms with Crippen molar-refractivity contribution in [3.8, 4) is 84.4 Å². The lowest BCUT2D eigenvalue weighted by Gasteiger charge is -2.24. The molecule has 54 heavy (non-hydrogen) atoms. The Labute approximate surface area is 314 Å². The van der Waals surface area contributed by atoms with E-state index < -0.39 is 0 Å². The molecule has 9 aromatic rings. The van der Waals surface area contributed by atoms with E-state index in [0.717, 1.165) is 66.6 Å². The number of nitrogens with zero attached hydrogens (tertiary/aromatic N) is 3. The van der Waals surface area contributed by atoms with Crippen LogP contribution in [0.4, 0.5) is 0 Å². The lowest BCUT2D eigenvalue weighted by atomic mass is 9.86. The Morgan fingerprint density at radius 2 is 0.870 bits per heavy atom. The van der Waals surface area contributed by atoms with Gasteiger partial charge in [0.2, 0.25) is 0 Å². The molecule has 0 N–H and O–H groups in total. The first-order valence-corrected chi connectivity index (χ1v) is 18.2. The largest absolute Gasteiger partial charge is 0.488 e. The highest BCUT2D eigenvalue weighted by Crippen LogP contribution is 2.46. The van der Waals surface area contributed by atoms with Gasteiger partial charge in [-0.1, -0.05) is 170 Å². The van der Waals surface area contributed by atoms with Crippen LogP contribution in [0.15, 0.2) is 188 Å². The van der Waals surface area contributed by atoms with Crippen LogP contribution in [-0.2, 0) is 6.61 Å². The molecule has 0 spiro atoms. The first-order valence-electron chi connectivity index (χ1n) is 18.2. The average molecular weight is 692 g/mol. The Balaban J connectivity index is 1.19. The molecule has 254 valence electrons. The average Bonchev–Trinajstić information content (AvgIpc) is 3.26. The molecule has 0 radical (unpaired) electrons. The summed E-state index contributed by atoms with van der Waals surface area (Å²) in [6.45, 7) is 0.544. The molecule has 0 saturated heterocycles. The highest BCUT2D eigenvalue weighted by molar-refractivity contribution is 6.07. The fourth-order valence-corrected chi connectivity index (χ4v) is 7.71. The summed E-state index contributed by atoms with van der Waals surface area (Å²) < 4.78 is 6.15. The SMILES string of the molecule is c1ccc(-c2cccc(-c3nc(-c4ccccc4-c4ccccc4)nc(-c4ccc(-c5cccc6c5-c5ccccc5OC6)c5ccccc45)n3)c2)cc1. The number of hydrogen-bond acceptors (Lipinski definition) is 4. The zero-order valence-corrected chi connectivity index (χ0v) is 29.4. The second-order valence-corrected chi connectivity index (χ2v) is 13.5. The molecule has 0 aliphatic carbocycles. The molecule has 1 aromatic heterocycles. The molecular formula is C50H33N3O. The van der Waals surface area contributed by atoms with Crippen molar-refractivity contribution in [3.05, 3.63) is 194 Å². The molecular weight excluding hydrogens is 659 g/mol. The van der Waals surface area contributed by atoms with Crippen molar-refractivity contribution in [3.63, 3.8) is 0 Å². The second kappa shape index (κ2) is 13.4. The van der Waals surface area contributed by atoms with Crippen molar-refractivity contribution in [2.45, 2.75) is 6.61 Å². The van der Waals surface area contributed by atoms with Crippen LogP contribution in [0.3, 0.4) is 0 Å². The van der Waals surface area contributed by atoms with Crippen LogP contribution in [0.25, 0.3) is 89.4 Å². The zero-order chi connectivity index (χ0) is 35.8. The third-order valence-corrected chi connectivity index (χ3v) is 10.3. The number of aromatic nitrogens is 3. The van der Waals surface area contributed by atoms with Gasteiger partial charge in [0.05, 0.1) is 0 Å². The van der Waals surface area contributed by atoms with Crippen LogP contribution in [0, 0.1) is 0 Å². The van der Waals surface area contributed by atoms with Gasteiger partial charge in [-0.25, -0.2) is 15.0 Å². The summed E-state index contributed by atoms with van der Waals surface area (Å²) >= 11 is 0. The first-order chi connectivity index (χ1) is 26.8. The molecule has 0 unspecified atom stereocenters. The predicted molar refractivity (Wildman–Crippen MR) is 220 cm³/mol. The molecule has 4 nitrogen and oxygen atoms in total. The minimum atomic E-state index is 0.544. The van der Waals surface area contributed by atoms with E-state index in [1.54, 1.807) is 0 Å². The highest BCUT2D eigenvalue weighted by atomic mass is 16.5. The molecule has 0 bridgehead atoms. The van der Waals surface area contributed by atoms with Crippen molar-refractivity contribution in [1.29, 1.82) is 0 Å². The van der Waals surface area contributed by atoms with Crippen LogP contribution in [0.2, 0.25) is 0 Å². The van der Waals surface area contributed by atoms with Crippen LogP contribution >= 0.6 is 0 Å². The van der Waals surface area contributed by atoms with E-state index >= 15 is 0 Å². The molecule has 4 heteroatoms. The number of fused-ring (bicyclic) bond motifs is 4. The quantitative estimate of drug-likeness (QED) is 0.174. The maximum Gasteiger partial charge on any atom is 0.164 e. The van der Waals surface area contributed by atoms with Gasteiger partial charge in [-0.15, -0.1) is 0 Å². The number of rotatable bonds is 6. The normalized spacial score (nSPS) is 11.8. The summed E-state index contributed by atoms with van der Waals surface area (Å²) in [5.41, 5.74) is 13.1. The third kappa shape index (κ3) is 5.62. The minimum absolute atomic E-state index is 0.544. The fourth-order valence-electron chi connectivity index (χ4n) is 7.71. The van der Waals surface area contributed by atoms with Crippen molar-refractivity contribution >= 4 is 10.8 Å². The number of benzene rings is 8. The lowest BCUT2D eigenvalue weighted by Crippen LogP contribution is -2.06. The van der Waals surface area contributed by atoms with E-state index in [0.29, 0.717) is 24.1 Å². The number of para-hydroxylation sites is 1. The van der Waals surface area contributed by atoms with Crippen molar-refractivity contribution in [2.75, 3.05) is 0 Å². The molecule has 1 aliphatic rings. The Morgan fingerprint density at radius 3 is 1.67 bits per heavy atom. The van der Waals surface area contributed by atoms with Gasteiger partial charge >= 0.3 is 0 Å².